The number of aromatic nitrogens is 1. The lowest BCUT2D eigenvalue weighted by Crippen LogP contribution is -2.25. The zero-order chi connectivity index (χ0) is 17.8. The first-order valence-electron chi connectivity index (χ1n) is 8.87. The Bertz CT molecular complexity index is 811. The topological polar surface area (TPSA) is 37.4 Å². The predicted molar refractivity (Wildman–Crippen MR) is 113 cm³/mol. The summed E-state index contributed by atoms with van der Waals surface area (Å²) in [5.74, 6) is 3.21. The van der Waals surface area contributed by atoms with Gasteiger partial charge in [-0.25, -0.2) is 4.98 Å². The third-order valence-electron chi connectivity index (χ3n) is 4.50. The van der Waals surface area contributed by atoms with Gasteiger partial charge in [0.05, 0.1) is 16.8 Å². The normalized spacial score (nSPS) is 16.9. The van der Waals surface area contributed by atoms with Crippen LogP contribution >= 0.6 is 23.1 Å². The van der Waals surface area contributed by atoms with Gasteiger partial charge in [-0.05, 0) is 36.2 Å². The molecule has 136 valence electrons. The third-order valence-corrected chi connectivity index (χ3v) is 6.66. The van der Waals surface area contributed by atoms with E-state index in [0.29, 0.717) is 12.6 Å². The number of benzene rings is 2. The van der Waals surface area contributed by atoms with E-state index >= 15 is 0 Å². The van der Waals surface area contributed by atoms with Crippen LogP contribution in [0.1, 0.15) is 5.56 Å². The van der Waals surface area contributed by atoms with Gasteiger partial charge in [-0.15, -0.1) is 11.8 Å². The molecular formula is C20H23N3OS2. The van der Waals surface area contributed by atoms with Crippen molar-refractivity contribution in [1.82, 2.24) is 10.3 Å². The number of ether oxygens (including phenoxy) is 1. The van der Waals surface area contributed by atoms with E-state index in [9.17, 15) is 0 Å². The van der Waals surface area contributed by atoms with Crippen molar-refractivity contribution in [2.75, 3.05) is 36.7 Å². The van der Waals surface area contributed by atoms with Gasteiger partial charge < -0.3 is 15.0 Å². The van der Waals surface area contributed by atoms with Gasteiger partial charge in [0.25, 0.3) is 0 Å². The van der Waals surface area contributed by atoms with Gasteiger partial charge in [-0.2, -0.15) is 0 Å². The highest BCUT2D eigenvalue weighted by atomic mass is 32.2. The molecule has 0 radical (unpaired) electrons. The van der Waals surface area contributed by atoms with Crippen LogP contribution < -0.4 is 15.0 Å². The summed E-state index contributed by atoms with van der Waals surface area (Å²) < 4.78 is 7.14. The van der Waals surface area contributed by atoms with Crippen LogP contribution in [0.25, 0.3) is 10.2 Å². The van der Waals surface area contributed by atoms with Gasteiger partial charge in [0.15, 0.2) is 5.13 Å². The van der Waals surface area contributed by atoms with Gasteiger partial charge in [0.2, 0.25) is 0 Å². The molecule has 1 atom stereocenters. The molecule has 3 aromatic rings. The number of para-hydroxylation sites is 1. The van der Waals surface area contributed by atoms with Crippen molar-refractivity contribution in [1.29, 1.82) is 0 Å². The van der Waals surface area contributed by atoms with Crippen molar-refractivity contribution in [2.45, 2.75) is 12.5 Å². The monoisotopic (exact) mass is 385 g/mol. The predicted octanol–water partition coefficient (Wildman–Crippen LogP) is 4.02. The average Bonchev–Trinajstić information content (AvgIpc) is 3.32. The molecule has 1 unspecified atom stereocenters. The maximum atomic E-state index is 5.91. The van der Waals surface area contributed by atoms with E-state index in [4.69, 9.17) is 4.74 Å². The highest BCUT2D eigenvalue weighted by molar-refractivity contribution is 7.99. The molecule has 1 aliphatic heterocycles. The average molecular weight is 386 g/mol. The van der Waals surface area contributed by atoms with Gasteiger partial charge in [-0.3, -0.25) is 0 Å². The number of anilines is 1. The van der Waals surface area contributed by atoms with Gasteiger partial charge in [0, 0.05) is 24.7 Å². The van der Waals surface area contributed by atoms with Gasteiger partial charge >= 0.3 is 0 Å². The number of fused-ring (bicyclic) bond motifs is 1. The molecule has 1 fully saturated rings. The minimum atomic E-state index is 0.606. The molecule has 0 spiro atoms. The number of hydrogen-bond donors (Lipinski definition) is 1. The minimum absolute atomic E-state index is 0.606. The SMILES string of the molecule is CN(CCOc1ccc(CC2CSCN2)cc1)c1nc2ccccc2s1. The maximum absolute atomic E-state index is 5.91. The second-order valence-corrected chi connectivity index (χ2v) is 8.54. The van der Waals surface area contributed by atoms with E-state index in [1.54, 1.807) is 11.3 Å². The molecule has 0 bridgehead atoms. The molecule has 4 rings (SSSR count). The van der Waals surface area contributed by atoms with Crippen molar-refractivity contribution in [3.63, 3.8) is 0 Å². The molecule has 0 aliphatic carbocycles. The Balaban J connectivity index is 1.27. The van der Waals surface area contributed by atoms with Crippen LogP contribution in [0.15, 0.2) is 48.5 Å². The fraction of sp³-hybridized carbons (Fsp3) is 0.350. The van der Waals surface area contributed by atoms with E-state index in [-0.39, 0.29) is 0 Å². The Morgan fingerprint density at radius 3 is 2.81 bits per heavy atom. The van der Waals surface area contributed by atoms with Crippen molar-refractivity contribution in [3.05, 3.63) is 54.1 Å². The number of thiazole rings is 1. The summed E-state index contributed by atoms with van der Waals surface area (Å²) >= 11 is 3.69. The summed E-state index contributed by atoms with van der Waals surface area (Å²) in [6, 6.07) is 17.4. The van der Waals surface area contributed by atoms with E-state index < -0.39 is 0 Å². The number of likely N-dealkylation sites (N-methyl/N-ethyl adjacent to an activating group) is 1. The number of nitrogens with one attached hydrogen (secondary N) is 1. The van der Waals surface area contributed by atoms with E-state index in [2.05, 4.69) is 64.7 Å². The molecule has 6 heteroatoms. The third kappa shape index (κ3) is 4.31. The molecule has 1 aromatic heterocycles. The Kier molecular flexibility index (Phi) is 5.62. The zero-order valence-corrected chi connectivity index (χ0v) is 16.5. The van der Waals surface area contributed by atoms with E-state index in [1.807, 2.05) is 17.8 Å². The summed E-state index contributed by atoms with van der Waals surface area (Å²) in [6.45, 7) is 1.46. The van der Waals surface area contributed by atoms with E-state index in [0.717, 1.165) is 35.2 Å². The Labute approximate surface area is 162 Å². The fourth-order valence-electron chi connectivity index (χ4n) is 2.99. The molecule has 0 saturated carbocycles. The first-order valence-corrected chi connectivity index (χ1v) is 10.8. The van der Waals surface area contributed by atoms with Crippen molar-refractivity contribution in [3.8, 4) is 5.75 Å². The van der Waals surface area contributed by atoms with Crippen molar-refractivity contribution in [2.24, 2.45) is 0 Å². The Morgan fingerprint density at radius 2 is 2.04 bits per heavy atom. The van der Waals surface area contributed by atoms with Gasteiger partial charge in [0.1, 0.15) is 12.4 Å². The van der Waals surface area contributed by atoms with Crippen molar-refractivity contribution >= 4 is 38.4 Å². The molecule has 2 aromatic carbocycles. The fourth-order valence-corrected chi connectivity index (χ4v) is 4.94. The molecule has 26 heavy (non-hydrogen) atoms. The molecule has 1 N–H and O–H groups in total. The number of thioether (sulfide) groups is 1. The summed E-state index contributed by atoms with van der Waals surface area (Å²) in [7, 11) is 2.07. The standard InChI is InChI=1S/C20H23N3OS2/c1-23(20-22-18-4-2-3-5-19(18)26-20)10-11-24-17-8-6-15(7-9-17)12-16-13-25-14-21-16/h2-9,16,21H,10-14H2,1H3. The number of hydrogen-bond acceptors (Lipinski definition) is 6. The number of rotatable bonds is 7. The summed E-state index contributed by atoms with van der Waals surface area (Å²) in [5, 5.41) is 4.55. The second-order valence-electron chi connectivity index (χ2n) is 6.50. The van der Waals surface area contributed by atoms with Crippen LogP contribution in [-0.2, 0) is 6.42 Å². The summed E-state index contributed by atoms with van der Waals surface area (Å²) in [4.78, 5) is 6.84. The van der Waals surface area contributed by atoms with Crippen LogP contribution in [0.5, 0.6) is 5.75 Å². The van der Waals surface area contributed by atoms with Crippen molar-refractivity contribution < 1.29 is 4.74 Å². The maximum Gasteiger partial charge on any atom is 0.186 e. The first-order chi connectivity index (χ1) is 12.8. The molecule has 1 saturated heterocycles. The first kappa shape index (κ1) is 17.6. The minimum Gasteiger partial charge on any atom is -0.492 e. The molecule has 0 amide bonds. The number of nitrogens with zero attached hydrogens (tertiary/aromatic N) is 2. The van der Waals surface area contributed by atoms with Crippen LogP contribution in [-0.4, -0.2) is 42.9 Å². The van der Waals surface area contributed by atoms with Crippen LogP contribution in [0.4, 0.5) is 5.13 Å². The molecule has 2 heterocycles. The molecule has 1 aliphatic rings. The van der Waals surface area contributed by atoms with E-state index in [1.165, 1.54) is 16.0 Å². The van der Waals surface area contributed by atoms with Crippen LogP contribution in [0, 0.1) is 0 Å². The summed E-state index contributed by atoms with van der Waals surface area (Å²) in [6.07, 6.45) is 1.09. The lowest BCUT2D eigenvalue weighted by molar-refractivity contribution is 0.326. The zero-order valence-electron chi connectivity index (χ0n) is 14.9. The smallest absolute Gasteiger partial charge is 0.186 e. The highest BCUT2D eigenvalue weighted by Crippen LogP contribution is 2.27. The molecular weight excluding hydrogens is 362 g/mol. The largest absolute Gasteiger partial charge is 0.492 e. The quantitative estimate of drug-likeness (QED) is 0.665. The Hall–Kier alpha value is -1.76. The summed E-state index contributed by atoms with van der Waals surface area (Å²) in [5.41, 5.74) is 2.43. The van der Waals surface area contributed by atoms with Gasteiger partial charge in [-0.1, -0.05) is 35.6 Å². The van der Waals surface area contributed by atoms with Crippen LogP contribution in [0.3, 0.4) is 0 Å². The second kappa shape index (κ2) is 8.29. The van der Waals surface area contributed by atoms with Crippen LogP contribution in [0.2, 0.25) is 0 Å². The highest BCUT2D eigenvalue weighted by Gasteiger charge is 2.14. The Morgan fingerprint density at radius 1 is 1.19 bits per heavy atom. The lowest BCUT2D eigenvalue weighted by Gasteiger charge is -2.16. The lowest BCUT2D eigenvalue weighted by atomic mass is 10.1. The molecule has 4 nitrogen and oxygen atoms in total.